The summed E-state index contributed by atoms with van der Waals surface area (Å²) in [5.41, 5.74) is 3.61. The van der Waals surface area contributed by atoms with Crippen LogP contribution in [0.25, 0.3) is 56.8 Å². The molecule has 2 aliphatic rings. The molecule has 0 amide bonds. The summed E-state index contributed by atoms with van der Waals surface area (Å²) in [5, 5.41) is 13.4. The van der Waals surface area contributed by atoms with E-state index < -0.39 is 46.8 Å². The summed E-state index contributed by atoms with van der Waals surface area (Å²) in [6, 6.07) is 22.8. The van der Waals surface area contributed by atoms with Crippen LogP contribution in [0, 0.1) is 67.3 Å². The first-order chi connectivity index (χ1) is 39.8. The number of aromatic nitrogens is 10. The van der Waals surface area contributed by atoms with Gasteiger partial charge in [-0.3, -0.25) is 28.5 Å². The monoisotopic (exact) mass is 1370 g/mol. The topological polar surface area (TPSA) is 165 Å². The Kier molecular flexibility index (Phi) is 23.2. The molecule has 1 radical (unpaired) electrons. The van der Waals surface area contributed by atoms with Crippen molar-refractivity contribution in [2.75, 3.05) is 30.5 Å². The van der Waals surface area contributed by atoms with Crippen molar-refractivity contribution in [1.29, 1.82) is 0 Å². The van der Waals surface area contributed by atoms with Gasteiger partial charge in [-0.2, -0.15) is 37.7 Å². The quantitative estimate of drug-likeness (QED) is 0.0629. The largest absolute Gasteiger partial charge is 0.572 e. The van der Waals surface area contributed by atoms with Gasteiger partial charge in [0.25, 0.3) is 0 Å². The number of esters is 1. The first-order valence-electron chi connectivity index (χ1n) is 25.0. The van der Waals surface area contributed by atoms with E-state index in [9.17, 15) is 49.1 Å². The van der Waals surface area contributed by atoms with Crippen molar-refractivity contribution in [3.8, 4) is 56.8 Å². The first-order valence-corrected chi connectivity index (χ1v) is 25.0. The number of carbonyl (C=O) groups excluding carboxylic acids is 2. The van der Waals surface area contributed by atoms with E-state index >= 15 is 0 Å². The van der Waals surface area contributed by atoms with Crippen LogP contribution >= 0.6 is 0 Å². The zero-order valence-electron chi connectivity index (χ0n) is 46.7. The fourth-order valence-electron chi connectivity index (χ4n) is 7.83. The number of aryl methyl sites for hydroxylation is 4. The summed E-state index contributed by atoms with van der Waals surface area (Å²) >= 11 is 0. The van der Waals surface area contributed by atoms with Crippen LogP contribution in [0.4, 0.5) is 50.9 Å². The number of H-pyrrole nitrogens is 1. The van der Waals surface area contributed by atoms with E-state index in [0.717, 1.165) is 53.5 Å². The number of halogens is 9. The van der Waals surface area contributed by atoms with Gasteiger partial charge >= 0.3 is 12.1 Å². The SMILES string of the molecule is C.CC(=O)c1nc(-c2ccc(F)cc2F)cn1C.CCOC(C)=O.CN1C=CN(c2[c-]c(N3C=CN(C)[CH-]3)ccc2)[CH-]1.Cc1cc(-c2nc(-c3[c-]cc(F)cc3F)cn2C)[n-]n1.Cn1cc(-c2ccc(F)cc2F)nc1-c1cc(C(F)(F)F)[nH]n1.[Ir]. The molecule has 4 aromatic carbocycles. The van der Waals surface area contributed by atoms with Gasteiger partial charge in [-0.25, -0.2) is 27.5 Å². The summed E-state index contributed by atoms with van der Waals surface area (Å²) in [6.45, 7) is 10.9. The van der Waals surface area contributed by atoms with E-state index in [0.29, 0.717) is 35.6 Å². The smallest absolute Gasteiger partial charge is 0.432 e. The number of nitrogens with zero attached hydrogens (tertiary/aromatic N) is 13. The Morgan fingerprint density at radius 1 is 0.663 bits per heavy atom. The average Bonchev–Trinajstić information content (AvgIpc) is 2.32. The number of alkyl halides is 3. The number of carbonyl (C=O) groups is 2. The fraction of sp³-hybridized carbons (Fsp3) is 0.203. The van der Waals surface area contributed by atoms with E-state index in [1.165, 1.54) is 54.6 Å². The van der Waals surface area contributed by atoms with Gasteiger partial charge < -0.3 is 48.2 Å². The molecular formula is C59H56F9IrN14O3-5. The van der Waals surface area contributed by atoms with Crippen molar-refractivity contribution in [2.24, 2.45) is 21.1 Å². The molecular weight excluding hydrogens is 1320 g/mol. The molecule has 0 atom stereocenters. The number of nitrogens with one attached hydrogen (secondary N) is 1. The molecule has 0 saturated carbocycles. The van der Waals surface area contributed by atoms with Gasteiger partial charge in [0, 0.05) is 114 Å². The van der Waals surface area contributed by atoms with Crippen molar-refractivity contribution in [3.05, 3.63) is 200 Å². The molecule has 0 spiro atoms. The number of hydrogen-bond donors (Lipinski definition) is 1. The predicted octanol–water partition coefficient (Wildman–Crippen LogP) is 12.2. The first kappa shape index (κ1) is 67.6. The Balaban J connectivity index is 0.000000202. The maximum atomic E-state index is 13.8. The molecule has 0 fully saturated rings. The van der Waals surface area contributed by atoms with E-state index in [4.69, 9.17) is 0 Å². The molecule has 86 heavy (non-hydrogen) atoms. The van der Waals surface area contributed by atoms with Crippen LogP contribution in [0.2, 0.25) is 0 Å². The molecule has 0 aliphatic carbocycles. The van der Waals surface area contributed by atoms with Crippen molar-refractivity contribution < 1.29 is 73.9 Å². The molecule has 9 aromatic rings. The Bertz CT molecular complexity index is 3790. The molecule has 457 valence electrons. The Hall–Kier alpha value is -9.23. The summed E-state index contributed by atoms with van der Waals surface area (Å²) in [6.07, 6.45) is 8.11. The van der Waals surface area contributed by atoms with Gasteiger partial charge in [0.15, 0.2) is 17.4 Å². The van der Waals surface area contributed by atoms with E-state index in [1.54, 1.807) is 37.8 Å². The van der Waals surface area contributed by atoms with Crippen LogP contribution in [-0.4, -0.2) is 86.2 Å². The minimum Gasteiger partial charge on any atom is -0.572 e. The molecule has 2 aliphatic heterocycles. The van der Waals surface area contributed by atoms with Crippen molar-refractivity contribution in [1.82, 2.24) is 58.8 Å². The Labute approximate surface area is 503 Å². The average molecular weight is 1370 g/mol. The number of imidazole rings is 3. The van der Waals surface area contributed by atoms with Crippen LogP contribution in [0.5, 0.6) is 0 Å². The van der Waals surface area contributed by atoms with Crippen molar-refractivity contribution >= 4 is 23.1 Å². The van der Waals surface area contributed by atoms with E-state index in [-0.39, 0.29) is 79.0 Å². The van der Waals surface area contributed by atoms with Gasteiger partial charge in [-0.1, -0.05) is 30.8 Å². The minimum absolute atomic E-state index is 0. The second kappa shape index (κ2) is 29.5. The number of ether oxygens (including phenoxy) is 1. The number of aromatic amines is 1. The summed E-state index contributed by atoms with van der Waals surface area (Å²) in [4.78, 5) is 41.6. The third kappa shape index (κ3) is 17.4. The zero-order chi connectivity index (χ0) is 61.2. The van der Waals surface area contributed by atoms with Gasteiger partial charge in [-0.05, 0) is 89.3 Å². The second-order valence-electron chi connectivity index (χ2n) is 18.4. The molecule has 17 nitrogen and oxygen atoms in total. The normalized spacial score (nSPS) is 12.2. The predicted molar refractivity (Wildman–Crippen MR) is 300 cm³/mol. The minimum atomic E-state index is -4.55. The summed E-state index contributed by atoms with van der Waals surface area (Å²) < 4.78 is 126. The number of rotatable bonds is 9. The molecule has 0 saturated heterocycles. The molecule has 0 bridgehead atoms. The molecule has 7 heterocycles. The number of hydrogen-bond acceptors (Lipinski definition) is 12. The van der Waals surface area contributed by atoms with Crippen molar-refractivity contribution in [3.63, 3.8) is 0 Å². The maximum absolute atomic E-state index is 13.8. The van der Waals surface area contributed by atoms with Gasteiger partial charge in [0.2, 0.25) is 0 Å². The van der Waals surface area contributed by atoms with Crippen LogP contribution in [0.15, 0.2) is 122 Å². The van der Waals surface area contributed by atoms with E-state index in [1.807, 2.05) is 102 Å². The molecule has 0 unspecified atom stereocenters. The van der Waals surface area contributed by atoms with Crippen LogP contribution in [0.3, 0.4) is 0 Å². The fourth-order valence-corrected chi connectivity index (χ4v) is 7.83. The molecule has 5 aromatic heterocycles. The number of anilines is 2. The zero-order valence-corrected chi connectivity index (χ0v) is 49.1. The number of ketones is 1. The third-order valence-corrected chi connectivity index (χ3v) is 11.7. The molecule has 1 N–H and O–H groups in total. The van der Waals surface area contributed by atoms with E-state index in [2.05, 4.69) is 47.1 Å². The third-order valence-electron chi connectivity index (χ3n) is 11.7. The standard InChI is InChI=1S/C14H9F5N4.C14H10F2N4.C14H15N4.C12H10F2N2O.C4H8O2.CH4.Ir/c1-23-6-11(8-3-2-7(15)4-9(8)16)20-13(23)10-5-12(22-21-10)14(17,18)19;1-8-5-12(19-18-8)14-17-13(7-20(14)2)10-4-3-9(15)6-11(10)16;1-15-6-8-17(11-15)13-4-3-5-14(10-13)18-9-7-16(2)12-18;1-7(17)12-15-11(6-16(12)2)9-4-3-8(13)5-10(9)14;1-3-6-4(2)5;;/h2-6H,1H3,(H,21,22);3,5-7H,1-2H3;3-9,11-12H,1-2H3;3-6H,1-2H3;3H2,1-2H3;1H4;/q;-2;-3;;;;. The van der Waals surface area contributed by atoms with Gasteiger partial charge in [0.1, 0.15) is 40.5 Å². The Morgan fingerprint density at radius 3 is 1.63 bits per heavy atom. The molecule has 11 rings (SSSR count). The summed E-state index contributed by atoms with van der Waals surface area (Å²) in [5.74, 6) is -3.74. The number of Topliss-reactive ketones (excluding diaryl/α,β-unsaturated/α-hetero) is 1. The van der Waals surface area contributed by atoms with Crippen LogP contribution in [-0.2, 0) is 57.0 Å². The Morgan fingerprint density at radius 2 is 1.19 bits per heavy atom. The van der Waals surface area contributed by atoms with Crippen LogP contribution in [0.1, 0.15) is 50.2 Å². The summed E-state index contributed by atoms with van der Waals surface area (Å²) in [7, 11) is 8.97. The van der Waals surface area contributed by atoms with Gasteiger partial charge in [0.05, 0.1) is 18.0 Å². The maximum Gasteiger partial charge on any atom is 0.432 e. The molecule has 27 heteroatoms. The van der Waals surface area contributed by atoms with Crippen molar-refractivity contribution in [2.45, 2.75) is 41.3 Å². The van der Waals surface area contributed by atoms with Crippen LogP contribution < -0.4 is 14.9 Å². The second-order valence-corrected chi connectivity index (χ2v) is 18.4. The number of benzene rings is 4. The van der Waals surface area contributed by atoms with Gasteiger partial charge in [-0.15, -0.1) is 41.7 Å².